The Labute approximate surface area is 143 Å². The molecule has 0 unspecified atom stereocenters. The van der Waals surface area contributed by atoms with Crippen LogP contribution in [0.2, 0.25) is 0 Å². The average Bonchev–Trinajstić information content (AvgIpc) is 2.42. The molecular weight excluding hydrogens is 348 g/mol. The van der Waals surface area contributed by atoms with Gasteiger partial charge in [-0.25, -0.2) is 0 Å². The molecule has 1 fully saturated rings. The van der Waals surface area contributed by atoms with Crippen molar-refractivity contribution < 1.29 is 42.9 Å². The Morgan fingerprint density at radius 2 is 1.25 bits per heavy atom. The molecule has 24 heavy (non-hydrogen) atoms. The standard InChI is InChI=1S/C14H19ClO9/c1-6(16)20-5-10-11(21-7(2)17)12(22-8(3)18)13(14(15)24-10)23-9(4)19/h10-14H,5H2,1-4H3/t10-,11-,12+,13-,14-/m1/s1. The monoisotopic (exact) mass is 366 g/mol. The average molecular weight is 367 g/mol. The van der Waals surface area contributed by atoms with Crippen LogP contribution in [0.4, 0.5) is 0 Å². The van der Waals surface area contributed by atoms with E-state index in [1.54, 1.807) is 0 Å². The lowest BCUT2D eigenvalue weighted by atomic mass is 9.99. The van der Waals surface area contributed by atoms with E-state index in [4.69, 9.17) is 35.3 Å². The Morgan fingerprint density at radius 1 is 0.792 bits per heavy atom. The first-order valence-corrected chi connectivity index (χ1v) is 7.50. The predicted octanol–water partition coefficient (Wildman–Crippen LogP) is 0.308. The topological polar surface area (TPSA) is 114 Å². The van der Waals surface area contributed by atoms with Crippen molar-refractivity contribution in [3.8, 4) is 0 Å². The Morgan fingerprint density at radius 3 is 1.71 bits per heavy atom. The van der Waals surface area contributed by atoms with Crippen LogP contribution < -0.4 is 0 Å². The molecule has 1 rings (SSSR count). The van der Waals surface area contributed by atoms with Crippen LogP contribution in [0.15, 0.2) is 0 Å². The molecule has 1 heterocycles. The summed E-state index contributed by atoms with van der Waals surface area (Å²) in [5.74, 6) is -2.67. The van der Waals surface area contributed by atoms with Gasteiger partial charge in [0.1, 0.15) is 12.7 Å². The van der Waals surface area contributed by atoms with Gasteiger partial charge in [0, 0.05) is 27.7 Å². The van der Waals surface area contributed by atoms with Gasteiger partial charge in [-0.15, -0.1) is 0 Å². The third-order valence-corrected chi connectivity index (χ3v) is 3.29. The highest BCUT2D eigenvalue weighted by molar-refractivity contribution is 6.20. The van der Waals surface area contributed by atoms with Crippen molar-refractivity contribution >= 4 is 35.5 Å². The zero-order valence-electron chi connectivity index (χ0n) is 13.6. The van der Waals surface area contributed by atoms with Crippen molar-refractivity contribution in [1.29, 1.82) is 0 Å². The number of esters is 4. The van der Waals surface area contributed by atoms with Gasteiger partial charge >= 0.3 is 23.9 Å². The second kappa shape index (κ2) is 8.84. The van der Waals surface area contributed by atoms with E-state index >= 15 is 0 Å². The van der Waals surface area contributed by atoms with E-state index in [0.29, 0.717) is 0 Å². The molecule has 0 spiro atoms. The van der Waals surface area contributed by atoms with Gasteiger partial charge in [0.2, 0.25) is 0 Å². The molecular formula is C14H19ClO9. The van der Waals surface area contributed by atoms with Gasteiger partial charge in [-0.2, -0.15) is 0 Å². The summed E-state index contributed by atoms with van der Waals surface area (Å²) in [6.07, 6.45) is -4.60. The number of hydrogen-bond acceptors (Lipinski definition) is 9. The van der Waals surface area contributed by atoms with Crippen molar-refractivity contribution in [2.45, 2.75) is 57.7 Å². The lowest BCUT2D eigenvalue weighted by molar-refractivity contribution is -0.238. The van der Waals surface area contributed by atoms with Crippen molar-refractivity contribution in [1.82, 2.24) is 0 Å². The molecule has 0 N–H and O–H groups in total. The summed E-state index contributed by atoms with van der Waals surface area (Å²) in [5, 5.41) is 0. The van der Waals surface area contributed by atoms with Crippen LogP contribution in [-0.4, -0.2) is 60.5 Å². The quantitative estimate of drug-likeness (QED) is 0.385. The van der Waals surface area contributed by atoms with Crippen LogP contribution in [0.25, 0.3) is 0 Å². The Kier molecular flexibility index (Phi) is 7.43. The van der Waals surface area contributed by atoms with E-state index in [2.05, 4.69) is 0 Å². The number of halogens is 1. The molecule has 9 nitrogen and oxygen atoms in total. The number of hydrogen-bond donors (Lipinski definition) is 0. The van der Waals surface area contributed by atoms with Gasteiger partial charge in [0.15, 0.2) is 23.9 Å². The predicted molar refractivity (Wildman–Crippen MR) is 77.8 cm³/mol. The van der Waals surface area contributed by atoms with E-state index in [1.807, 2.05) is 0 Å². The summed E-state index contributed by atoms with van der Waals surface area (Å²) < 4.78 is 25.6. The molecule has 0 aliphatic carbocycles. The third kappa shape index (κ3) is 5.97. The first kappa shape index (κ1) is 20.2. The highest BCUT2D eigenvalue weighted by Gasteiger charge is 2.51. The second-order valence-electron chi connectivity index (χ2n) is 5.05. The van der Waals surface area contributed by atoms with Crippen LogP contribution in [-0.2, 0) is 42.9 Å². The molecule has 0 aromatic carbocycles. The van der Waals surface area contributed by atoms with Gasteiger partial charge in [0.05, 0.1) is 0 Å². The summed E-state index contributed by atoms with van der Waals surface area (Å²) >= 11 is 6.05. The maximum absolute atomic E-state index is 11.4. The molecule has 0 aromatic heterocycles. The molecule has 0 bridgehead atoms. The number of carbonyl (C=O) groups is 4. The van der Waals surface area contributed by atoms with Crippen molar-refractivity contribution in [3.63, 3.8) is 0 Å². The highest BCUT2D eigenvalue weighted by Crippen LogP contribution is 2.30. The first-order chi connectivity index (χ1) is 11.1. The van der Waals surface area contributed by atoms with Crippen LogP contribution in [0, 0.1) is 0 Å². The molecule has 0 aromatic rings. The molecule has 5 atom stereocenters. The minimum Gasteiger partial charge on any atom is -0.463 e. The summed E-state index contributed by atoms with van der Waals surface area (Å²) in [4.78, 5) is 45.0. The fraction of sp³-hybridized carbons (Fsp3) is 0.714. The number of rotatable bonds is 5. The molecule has 10 heteroatoms. The van der Waals surface area contributed by atoms with Crippen LogP contribution in [0.1, 0.15) is 27.7 Å². The van der Waals surface area contributed by atoms with E-state index in [-0.39, 0.29) is 6.61 Å². The van der Waals surface area contributed by atoms with E-state index in [0.717, 1.165) is 20.8 Å². The van der Waals surface area contributed by atoms with Gasteiger partial charge in [0.25, 0.3) is 0 Å². The van der Waals surface area contributed by atoms with Crippen LogP contribution in [0.5, 0.6) is 0 Å². The zero-order chi connectivity index (χ0) is 18.4. The highest BCUT2D eigenvalue weighted by atomic mass is 35.5. The van der Waals surface area contributed by atoms with Gasteiger partial charge in [-0.3, -0.25) is 19.2 Å². The zero-order valence-corrected chi connectivity index (χ0v) is 14.4. The maximum Gasteiger partial charge on any atom is 0.303 e. The van der Waals surface area contributed by atoms with Crippen LogP contribution >= 0.6 is 11.6 Å². The summed E-state index contributed by atoms with van der Waals surface area (Å²) in [7, 11) is 0. The Hall–Kier alpha value is -1.87. The lowest BCUT2D eigenvalue weighted by Crippen LogP contribution is -2.61. The van der Waals surface area contributed by atoms with E-state index in [9.17, 15) is 19.2 Å². The fourth-order valence-electron chi connectivity index (χ4n) is 2.18. The molecule has 136 valence electrons. The van der Waals surface area contributed by atoms with Gasteiger partial charge in [-0.1, -0.05) is 11.6 Å². The maximum atomic E-state index is 11.4. The van der Waals surface area contributed by atoms with Gasteiger partial charge in [-0.05, 0) is 0 Å². The smallest absolute Gasteiger partial charge is 0.303 e. The summed E-state index contributed by atoms with van der Waals surface area (Å²) in [5.41, 5.74) is -1.20. The lowest BCUT2D eigenvalue weighted by Gasteiger charge is -2.42. The van der Waals surface area contributed by atoms with E-state index < -0.39 is 53.9 Å². The molecule has 0 radical (unpaired) electrons. The van der Waals surface area contributed by atoms with Crippen molar-refractivity contribution in [2.75, 3.05) is 6.61 Å². The largest absolute Gasteiger partial charge is 0.463 e. The minimum atomic E-state index is -1.22. The second-order valence-corrected chi connectivity index (χ2v) is 5.48. The van der Waals surface area contributed by atoms with Crippen molar-refractivity contribution in [3.05, 3.63) is 0 Å². The van der Waals surface area contributed by atoms with Crippen molar-refractivity contribution in [2.24, 2.45) is 0 Å². The molecule has 0 amide bonds. The molecule has 1 saturated heterocycles. The Balaban J connectivity index is 3.11. The number of ether oxygens (including phenoxy) is 5. The number of alkyl halides is 1. The first-order valence-electron chi connectivity index (χ1n) is 7.06. The van der Waals surface area contributed by atoms with E-state index in [1.165, 1.54) is 6.92 Å². The summed E-state index contributed by atoms with van der Waals surface area (Å²) in [6, 6.07) is 0. The molecule has 1 aliphatic rings. The fourth-order valence-corrected chi connectivity index (χ4v) is 2.50. The summed E-state index contributed by atoms with van der Waals surface area (Å²) in [6.45, 7) is 4.31. The number of carbonyl (C=O) groups excluding carboxylic acids is 4. The normalized spacial score (nSPS) is 29.3. The third-order valence-electron chi connectivity index (χ3n) is 2.93. The Bertz CT molecular complexity index is 506. The molecule has 1 aliphatic heterocycles. The van der Waals surface area contributed by atoms with Gasteiger partial charge < -0.3 is 23.7 Å². The molecule has 0 saturated carbocycles. The minimum absolute atomic E-state index is 0.291. The SMILES string of the molecule is CC(=O)OC[C@H]1O[C@@H](Cl)[C@H](OC(C)=O)[C@@H](OC(C)=O)[C@@H]1OC(C)=O. The van der Waals surface area contributed by atoms with Crippen LogP contribution in [0.3, 0.4) is 0 Å².